The van der Waals surface area contributed by atoms with Gasteiger partial charge in [-0.15, -0.1) is 0 Å². The van der Waals surface area contributed by atoms with Crippen LogP contribution in [0.3, 0.4) is 0 Å². The van der Waals surface area contributed by atoms with Crippen LogP contribution < -0.4 is 4.74 Å². The summed E-state index contributed by atoms with van der Waals surface area (Å²) in [6.07, 6.45) is 2.52. The lowest BCUT2D eigenvalue weighted by molar-refractivity contribution is -0.143. The zero-order valence-corrected chi connectivity index (χ0v) is 12.9. The summed E-state index contributed by atoms with van der Waals surface area (Å²) in [6, 6.07) is 8.62. The highest BCUT2D eigenvalue weighted by molar-refractivity contribution is 5.70. The van der Waals surface area contributed by atoms with Crippen molar-refractivity contribution in [3.63, 3.8) is 0 Å². The van der Waals surface area contributed by atoms with Gasteiger partial charge in [0.05, 0.1) is 12.5 Å². The topological polar surface area (TPSA) is 49.8 Å². The first kappa shape index (κ1) is 15.8. The summed E-state index contributed by atoms with van der Waals surface area (Å²) in [5.41, 5.74) is 1.26. The number of hydrogen-bond donors (Lipinski definition) is 1. The molecule has 116 valence electrons. The second-order valence-electron chi connectivity index (χ2n) is 5.58. The fraction of sp³-hybridized carbons (Fsp3) is 0.588. The Morgan fingerprint density at radius 3 is 2.67 bits per heavy atom. The van der Waals surface area contributed by atoms with Crippen LogP contribution in [0.5, 0.6) is 5.75 Å². The predicted octanol–water partition coefficient (Wildman–Crippen LogP) is 3.33. The summed E-state index contributed by atoms with van der Waals surface area (Å²) in [6.45, 7) is 6.55. The number of aliphatic carboxylic acids is 1. The minimum atomic E-state index is -0.652. The van der Waals surface area contributed by atoms with Crippen LogP contribution in [0.1, 0.15) is 44.7 Å². The van der Waals surface area contributed by atoms with Gasteiger partial charge in [-0.2, -0.15) is 0 Å². The molecule has 0 spiro atoms. The minimum absolute atomic E-state index is 0.173. The van der Waals surface area contributed by atoms with Gasteiger partial charge >= 0.3 is 5.97 Å². The highest BCUT2D eigenvalue weighted by Crippen LogP contribution is 2.31. The van der Waals surface area contributed by atoms with Crippen molar-refractivity contribution < 1.29 is 14.6 Å². The van der Waals surface area contributed by atoms with E-state index in [2.05, 4.69) is 24.0 Å². The predicted molar refractivity (Wildman–Crippen MR) is 82.6 cm³/mol. The van der Waals surface area contributed by atoms with Crippen LogP contribution in [0.2, 0.25) is 0 Å². The van der Waals surface area contributed by atoms with E-state index in [0.29, 0.717) is 12.6 Å². The number of carboxylic acids is 1. The first-order valence-corrected chi connectivity index (χ1v) is 7.85. The van der Waals surface area contributed by atoms with Gasteiger partial charge < -0.3 is 9.84 Å². The van der Waals surface area contributed by atoms with Gasteiger partial charge in [0, 0.05) is 6.04 Å². The maximum atomic E-state index is 11.1. The van der Waals surface area contributed by atoms with E-state index in [0.717, 1.165) is 38.1 Å². The van der Waals surface area contributed by atoms with Crippen molar-refractivity contribution in [3.8, 4) is 5.75 Å². The lowest BCUT2D eigenvalue weighted by Crippen LogP contribution is -2.38. The molecular weight excluding hydrogens is 266 g/mol. The normalized spacial score (nSPS) is 18.4. The highest BCUT2D eigenvalue weighted by atomic mass is 16.5. The average Bonchev–Trinajstić information content (AvgIpc) is 2.49. The van der Waals surface area contributed by atoms with Crippen molar-refractivity contribution >= 4 is 5.97 Å². The van der Waals surface area contributed by atoms with E-state index in [4.69, 9.17) is 9.84 Å². The van der Waals surface area contributed by atoms with Crippen LogP contribution >= 0.6 is 0 Å². The molecule has 1 aromatic rings. The smallest absolute Gasteiger partial charge is 0.306 e. The molecule has 1 unspecified atom stereocenters. The number of likely N-dealkylation sites (tertiary alicyclic amines) is 1. The molecule has 1 N–H and O–H groups in total. The van der Waals surface area contributed by atoms with Gasteiger partial charge in [0.1, 0.15) is 5.75 Å². The van der Waals surface area contributed by atoms with E-state index >= 15 is 0 Å². The molecule has 0 aliphatic carbocycles. The number of nitrogens with zero attached hydrogens (tertiary/aromatic N) is 1. The van der Waals surface area contributed by atoms with Crippen molar-refractivity contribution in [2.24, 2.45) is 5.92 Å². The average molecular weight is 291 g/mol. The maximum Gasteiger partial charge on any atom is 0.306 e. The van der Waals surface area contributed by atoms with Crippen LogP contribution in [0.25, 0.3) is 0 Å². The quantitative estimate of drug-likeness (QED) is 0.873. The third kappa shape index (κ3) is 3.97. The molecule has 1 saturated heterocycles. The Morgan fingerprint density at radius 1 is 1.38 bits per heavy atom. The monoisotopic (exact) mass is 291 g/mol. The molecule has 0 aromatic heterocycles. The molecule has 1 fully saturated rings. The van der Waals surface area contributed by atoms with Gasteiger partial charge in [-0.05, 0) is 57.0 Å². The molecule has 1 heterocycles. The van der Waals surface area contributed by atoms with Crippen molar-refractivity contribution in [1.82, 2.24) is 4.90 Å². The molecule has 2 rings (SSSR count). The van der Waals surface area contributed by atoms with E-state index in [9.17, 15) is 4.79 Å². The summed E-state index contributed by atoms with van der Waals surface area (Å²) in [4.78, 5) is 13.5. The number of carbonyl (C=O) groups is 1. The van der Waals surface area contributed by atoms with Crippen molar-refractivity contribution in [2.45, 2.75) is 39.2 Å². The van der Waals surface area contributed by atoms with Gasteiger partial charge in [0.2, 0.25) is 0 Å². The number of hydrogen-bond acceptors (Lipinski definition) is 3. The molecule has 0 radical (unpaired) electrons. The fourth-order valence-electron chi connectivity index (χ4n) is 3.14. The van der Waals surface area contributed by atoms with Crippen LogP contribution in [0.15, 0.2) is 24.3 Å². The zero-order chi connectivity index (χ0) is 15.2. The Balaban J connectivity index is 2.06. The van der Waals surface area contributed by atoms with E-state index in [1.807, 2.05) is 19.1 Å². The number of rotatable bonds is 6. The Hall–Kier alpha value is -1.55. The lowest BCUT2D eigenvalue weighted by atomic mass is 9.93. The first-order chi connectivity index (χ1) is 10.2. The molecule has 21 heavy (non-hydrogen) atoms. The van der Waals surface area contributed by atoms with Gasteiger partial charge in [-0.3, -0.25) is 9.69 Å². The van der Waals surface area contributed by atoms with E-state index in [1.165, 1.54) is 5.56 Å². The molecular formula is C17H25NO3. The molecule has 0 amide bonds. The molecule has 0 bridgehead atoms. The molecule has 1 atom stereocenters. The third-order valence-corrected chi connectivity index (χ3v) is 4.26. The molecule has 1 aliphatic rings. The van der Waals surface area contributed by atoms with E-state index in [-0.39, 0.29) is 5.92 Å². The van der Waals surface area contributed by atoms with Crippen LogP contribution in [-0.2, 0) is 4.79 Å². The summed E-state index contributed by atoms with van der Waals surface area (Å²) < 4.78 is 5.58. The van der Waals surface area contributed by atoms with Crippen LogP contribution in [-0.4, -0.2) is 35.7 Å². The number of ether oxygens (including phenoxy) is 1. The molecule has 1 aliphatic heterocycles. The van der Waals surface area contributed by atoms with Crippen molar-refractivity contribution in [3.05, 3.63) is 29.8 Å². The number of carboxylic acid groups (broad SMARTS) is 1. The largest absolute Gasteiger partial charge is 0.494 e. The number of piperidine rings is 1. The van der Waals surface area contributed by atoms with Gasteiger partial charge in [0.15, 0.2) is 0 Å². The maximum absolute atomic E-state index is 11.1. The molecule has 0 saturated carbocycles. The summed E-state index contributed by atoms with van der Waals surface area (Å²) >= 11 is 0. The van der Waals surface area contributed by atoms with Crippen LogP contribution in [0, 0.1) is 5.92 Å². The Morgan fingerprint density at radius 2 is 2.10 bits per heavy atom. The minimum Gasteiger partial charge on any atom is -0.494 e. The fourth-order valence-corrected chi connectivity index (χ4v) is 3.14. The van der Waals surface area contributed by atoms with Crippen LogP contribution in [0.4, 0.5) is 0 Å². The molecule has 1 aromatic carbocycles. The van der Waals surface area contributed by atoms with Gasteiger partial charge in [-0.1, -0.05) is 19.1 Å². The third-order valence-electron chi connectivity index (χ3n) is 4.26. The molecule has 4 heteroatoms. The number of benzene rings is 1. The lowest BCUT2D eigenvalue weighted by Gasteiger charge is -2.36. The Kier molecular flexibility index (Phi) is 5.62. The van der Waals surface area contributed by atoms with Gasteiger partial charge in [-0.25, -0.2) is 0 Å². The summed E-state index contributed by atoms with van der Waals surface area (Å²) in [5, 5.41) is 9.10. The Bertz CT molecular complexity index is 467. The zero-order valence-electron chi connectivity index (χ0n) is 12.9. The first-order valence-electron chi connectivity index (χ1n) is 7.85. The standard InChI is InChI=1S/C17H25NO3/c1-3-16(14-6-5-7-15(12-14)21-4-2)18-10-8-13(9-11-18)17(19)20/h5-7,12-13,16H,3-4,8-11H2,1-2H3,(H,19,20). The Labute approximate surface area is 126 Å². The second kappa shape index (κ2) is 7.46. The van der Waals surface area contributed by atoms with E-state index in [1.54, 1.807) is 0 Å². The summed E-state index contributed by atoms with van der Waals surface area (Å²) in [7, 11) is 0. The van der Waals surface area contributed by atoms with Crippen molar-refractivity contribution in [1.29, 1.82) is 0 Å². The molecule has 4 nitrogen and oxygen atoms in total. The highest BCUT2D eigenvalue weighted by Gasteiger charge is 2.28. The SMILES string of the molecule is CCOc1cccc(C(CC)N2CCC(C(=O)O)CC2)c1. The van der Waals surface area contributed by atoms with Gasteiger partial charge in [0.25, 0.3) is 0 Å². The summed E-state index contributed by atoms with van der Waals surface area (Å²) in [5.74, 6) is 0.0865. The second-order valence-corrected chi connectivity index (χ2v) is 5.58. The van der Waals surface area contributed by atoms with E-state index < -0.39 is 5.97 Å². The van der Waals surface area contributed by atoms with Crippen molar-refractivity contribution in [2.75, 3.05) is 19.7 Å².